The molecule has 0 atom stereocenters. The summed E-state index contributed by atoms with van der Waals surface area (Å²) in [6.07, 6.45) is 11.6. The van der Waals surface area contributed by atoms with Crippen LogP contribution in [0.15, 0.2) is 24.3 Å². The van der Waals surface area contributed by atoms with E-state index in [0.29, 0.717) is 0 Å². The predicted octanol–water partition coefficient (Wildman–Crippen LogP) is 6.24. The summed E-state index contributed by atoms with van der Waals surface area (Å²) >= 11 is 3.61. The van der Waals surface area contributed by atoms with Crippen LogP contribution >= 0.6 is 11.3 Å². The number of unbranched alkanes of at least 4 members (excludes halogenated alkanes) is 3. The molecule has 0 saturated heterocycles. The van der Waals surface area contributed by atoms with Gasteiger partial charge in [0.05, 0.1) is 0 Å². The second-order valence-electron chi connectivity index (χ2n) is 6.70. The van der Waals surface area contributed by atoms with Gasteiger partial charge in [0.25, 0.3) is 0 Å². The van der Waals surface area contributed by atoms with Gasteiger partial charge in [0.2, 0.25) is 0 Å². The monoisotopic (exact) mass is 447 g/mol. The summed E-state index contributed by atoms with van der Waals surface area (Å²) in [7, 11) is 0. The first-order valence-corrected chi connectivity index (χ1v) is 11.9. The molecule has 129 valence electrons. The van der Waals surface area contributed by atoms with Gasteiger partial charge in [0, 0.05) is 0 Å². The second-order valence-corrected chi connectivity index (χ2v) is 9.46. The molecule has 0 aliphatic rings. The molecule has 0 amide bonds. The van der Waals surface area contributed by atoms with Gasteiger partial charge in [0.15, 0.2) is 0 Å². The maximum atomic E-state index is 2.41. The Balaban J connectivity index is 2.47. The van der Waals surface area contributed by atoms with Crippen LogP contribution in [0.4, 0.5) is 0 Å². The van der Waals surface area contributed by atoms with Crippen molar-refractivity contribution < 1.29 is 0 Å². The summed E-state index contributed by atoms with van der Waals surface area (Å²) in [4.78, 5) is 3.26. The number of rotatable bonds is 10. The molecule has 24 heavy (non-hydrogen) atoms. The summed E-state index contributed by atoms with van der Waals surface area (Å²) in [6, 6.07) is 9.21. The van der Waals surface area contributed by atoms with E-state index in [-0.39, 0.29) is 0 Å². The van der Waals surface area contributed by atoms with Gasteiger partial charge in [-0.05, 0) is 0 Å². The summed E-state index contributed by atoms with van der Waals surface area (Å²) in [5.74, 6) is 0. The molecule has 0 unspecified atom stereocenters. The van der Waals surface area contributed by atoms with Crippen LogP contribution in [-0.2, 0) is 19.3 Å². The van der Waals surface area contributed by atoms with Crippen LogP contribution in [-0.4, -0.2) is 22.5 Å². The van der Waals surface area contributed by atoms with Gasteiger partial charge in [-0.3, -0.25) is 0 Å². The van der Waals surface area contributed by atoms with Crippen molar-refractivity contribution >= 4 is 37.4 Å². The first-order chi connectivity index (χ1) is 11.7. The Morgan fingerprint density at radius 1 is 0.833 bits per heavy atom. The van der Waals surface area contributed by atoms with Gasteiger partial charge in [-0.15, -0.1) is 0 Å². The van der Waals surface area contributed by atoms with Crippen LogP contribution in [0, 0.1) is 0 Å². The van der Waals surface area contributed by atoms with Crippen LogP contribution in [0.5, 0.6) is 0 Å². The van der Waals surface area contributed by atoms with Gasteiger partial charge in [0.1, 0.15) is 0 Å². The van der Waals surface area contributed by atoms with E-state index < -0.39 is 0 Å². The van der Waals surface area contributed by atoms with Gasteiger partial charge in [-0.25, -0.2) is 0 Å². The molecule has 1 aromatic carbocycles. The zero-order valence-electron chi connectivity index (χ0n) is 15.6. The average molecular weight is 446 g/mol. The standard InChI is InChI=1S/C22H31S.Sn/c1-4-7-15-19-20(16-8-5-2)22(18-13-11-10-12-14-18)23-21(19)17-9-6-3;/h10-11,13-14H,4-9,15-17H2,1-3H3;. The summed E-state index contributed by atoms with van der Waals surface area (Å²) in [5.41, 5.74) is 4.86. The van der Waals surface area contributed by atoms with E-state index in [9.17, 15) is 0 Å². The number of benzene rings is 1. The molecular weight excluding hydrogens is 415 g/mol. The Hall–Kier alpha value is -0.281. The van der Waals surface area contributed by atoms with Crippen molar-refractivity contribution in [3.05, 3.63) is 40.3 Å². The van der Waals surface area contributed by atoms with Crippen LogP contribution < -0.4 is 3.58 Å². The van der Waals surface area contributed by atoms with Crippen LogP contribution in [0.1, 0.15) is 75.3 Å². The molecule has 1 aromatic heterocycles. The van der Waals surface area contributed by atoms with Crippen LogP contribution in [0.25, 0.3) is 10.4 Å². The number of hydrogen-bond acceptors (Lipinski definition) is 1. The molecule has 0 bridgehead atoms. The number of aryl methyl sites for hydroxylation is 1. The first-order valence-electron chi connectivity index (χ1n) is 9.66. The Labute approximate surface area is 166 Å². The Morgan fingerprint density at radius 3 is 2.08 bits per heavy atom. The Bertz CT molecular complexity index is 627. The summed E-state index contributed by atoms with van der Waals surface area (Å²) in [6.45, 7) is 6.93. The van der Waals surface area contributed by atoms with E-state index in [1.54, 1.807) is 20.9 Å². The van der Waals surface area contributed by atoms with E-state index in [4.69, 9.17) is 0 Å². The molecule has 3 radical (unpaired) electrons. The zero-order valence-corrected chi connectivity index (χ0v) is 19.3. The minimum absolute atomic E-state index is 1.26. The van der Waals surface area contributed by atoms with E-state index in [2.05, 4.69) is 56.4 Å². The van der Waals surface area contributed by atoms with Gasteiger partial charge in [-0.2, -0.15) is 0 Å². The average Bonchev–Trinajstić information content (AvgIpc) is 2.93. The molecule has 0 spiro atoms. The Morgan fingerprint density at radius 2 is 1.46 bits per heavy atom. The molecule has 2 aromatic rings. The van der Waals surface area contributed by atoms with Crippen molar-refractivity contribution in [1.82, 2.24) is 0 Å². The van der Waals surface area contributed by atoms with Crippen molar-refractivity contribution in [3.8, 4) is 10.4 Å². The second kappa shape index (κ2) is 10.7. The molecule has 2 rings (SSSR count). The SMILES string of the molecule is CCCCc1sc(-c2ccc[c]([Sn])c2)c(CCCC)c1CCCC. The summed E-state index contributed by atoms with van der Waals surface area (Å²) < 4.78 is 1.46. The fourth-order valence-electron chi connectivity index (χ4n) is 3.25. The first kappa shape index (κ1) is 20.0. The van der Waals surface area contributed by atoms with Crippen molar-refractivity contribution in [3.63, 3.8) is 0 Å². The van der Waals surface area contributed by atoms with E-state index >= 15 is 0 Å². The van der Waals surface area contributed by atoms with Gasteiger partial charge >= 0.3 is 167 Å². The normalized spacial score (nSPS) is 11.2. The third-order valence-corrected chi connectivity index (χ3v) is 6.91. The van der Waals surface area contributed by atoms with Crippen molar-refractivity contribution in [2.24, 2.45) is 0 Å². The van der Waals surface area contributed by atoms with Crippen LogP contribution in [0.3, 0.4) is 0 Å². The van der Waals surface area contributed by atoms with Crippen molar-refractivity contribution in [1.29, 1.82) is 0 Å². The summed E-state index contributed by atoms with van der Waals surface area (Å²) in [5, 5.41) is 0. The molecule has 0 nitrogen and oxygen atoms in total. The molecule has 0 aliphatic carbocycles. The Kier molecular flexibility index (Phi) is 8.89. The molecule has 0 saturated carbocycles. The maximum absolute atomic E-state index is 2.41. The predicted molar refractivity (Wildman–Crippen MR) is 111 cm³/mol. The van der Waals surface area contributed by atoms with Crippen molar-refractivity contribution in [2.75, 3.05) is 0 Å². The molecular formula is C22H31SSn. The van der Waals surface area contributed by atoms with Gasteiger partial charge < -0.3 is 0 Å². The quantitative estimate of drug-likeness (QED) is 0.380. The van der Waals surface area contributed by atoms with E-state index in [1.807, 2.05) is 0 Å². The third-order valence-electron chi connectivity index (χ3n) is 4.64. The fourth-order valence-corrected chi connectivity index (χ4v) is 5.40. The fraction of sp³-hybridized carbons (Fsp3) is 0.545. The molecule has 0 aliphatic heterocycles. The number of thiophene rings is 1. The third kappa shape index (κ3) is 5.36. The van der Waals surface area contributed by atoms with Crippen LogP contribution in [0.2, 0.25) is 0 Å². The molecule has 2 heteroatoms. The van der Waals surface area contributed by atoms with E-state index in [0.717, 1.165) is 0 Å². The zero-order chi connectivity index (χ0) is 17.4. The minimum atomic E-state index is 1.26. The van der Waals surface area contributed by atoms with Crippen molar-refractivity contribution in [2.45, 2.75) is 78.6 Å². The molecule has 1 heterocycles. The topological polar surface area (TPSA) is 0 Å². The van der Waals surface area contributed by atoms with Gasteiger partial charge in [-0.1, -0.05) is 0 Å². The molecule has 0 N–H and O–H groups in total. The van der Waals surface area contributed by atoms with E-state index in [1.165, 1.54) is 89.5 Å². The molecule has 0 fully saturated rings. The number of hydrogen-bond donors (Lipinski definition) is 0.